The lowest BCUT2D eigenvalue weighted by Gasteiger charge is -2.12. The van der Waals surface area contributed by atoms with Gasteiger partial charge in [-0.05, 0) is 13.8 Å². The van der Waals surface area contributed by atoms with E-state index in [2.05, 4.69) is 5.32 Å². The van der Waals surface area contributed by atoms with Gasteiger partial charge in [0.1, 0.15) is 4.99 Å². The number of carbonyl (C=O) groups is 1. The van der Waals surface area contributed by atoms with Gasteiger partial charge in [-0.1, -0.05) is 12.2 Å². The number of hydrogen-bond acceptors (Lipinski definition) is 3. The van der Waals surface area contributed by atoms with Crippen molar-refractivity contribution in [3.05, 3.63) is 0 Å². The van der Waals surface area contributed by atoms with Crippen LogP contribution in [0.3, 0.4) is 0 Å². The van der Waals surface area contributed by atoms with Gasteiger partial charge in [0.15, 0.2) is 5.92 Å². The summed E-state index contributed by atoms with van der Waals surface area (Å²) >= 11 is 4.79. The molecule has 1 amide bonds. The maximum Gasteiger partial charge on any atom is 0.241 e. The SMILES string of the molecule is CC(C)NC(=S)C(C#N)C(N)=O. The van der Waals surface area contributed by atoms with E-state index in [0.717, 1.165) is 0 Å². The van der Waals surface area contributed by atoms with Crippen LogP contribution in [0.25, 0.3) is 0 Å². The topological polar surface area (TPSA) is 78.9 Å². The van der Waals surface area contributed by atoms with E-state index in [0.29, 0.717) is 0 Å². The van der Waals surface area contributed by atoms with Crippen molar-refractivity contribution in [3.8, 4) is 6.07 Å². The molecule has 0 saturated carbocycles. The second-order valence-electron chi connectivity index (χ2n) is 2.63. The fourth-order valence-corrected chi connectivity index (χ4v) is 1.02. The molecule has 12 heavy (non-hydrogen) atoms. The van der Waals surface area contributed by atoms with Crippen molar-refractivity contribution in [2.75, 3.05) is 0 Å². The first-order chi connectivity index (χ1) is 5.49. The van der Waals surface area contributed by atoms with Crippen LogP contribution in [0, 0.1) is 17.2 Å². The van der Waals surface area contributed by atoms with Crippen molar-refractivity contribution < 1.29 is 4.79 Å². The highest BCUT2D eigenvalue weighted by Crippen LogP contribution is 1.96. The maximum atomic E-state index is 10.6. The summed E-state index contributed by atoms with van der Waals surface area (Å²) in [6.07, 6.45) is 0. The van der Waals surface area contributed by atoms with Crippen LogP contribution in [0.2, 0.25) is 0 Å². The lowest BCUT2D eigenvalue weighted by Crippen LogP contribution is -2.39. The van der Waals surface area contributed by atoms with Crippen molar-refractivity contribution in [3.63, 3.8) is 0 Å². The third-order valence-corrected chi connectivity index (χ3v) is 1.46. The molecule has 0 radical (unpaired) electrons. The number of amides is 1. The zero-order valence-electron chi connectivity index (χ0n) is 7.00. The molecule has 4 nitrogen and oxygen atoms in total. The van der Waals surface area contributed by atoms with Crippen molar-refractivity contribution in [1.29, 1.82) is 5.26 Å². The Hall–Kier alpha value is -1.15. The molecule has 0 aromatic rings. The fraction of sp³-hybridized carbons (Fsp3) is 0.571. The minimum absolute atomic E-state index is 0.104. The Morgan fingerprint density at radius 3 is 2.42 bits per heavy atom. The van der Waals surface area contributed by atoms with E-state index in [1.165, 1.54) is 0 Å². The summed E-state index contributed by atoms with van der Waals surface area (Å²) in [6, 6.07) is 1.83. The summed E-state index contributed by atoms with van der Waals surface area (Å²) < 4.78 is 0. The molecule has 1 atom stereocenters. The number of nitriles is 1. The van der Waals surface area contributed by atoms with Crippen LogP contribution >= 0.6 is 12.2 Å². The van der Waals surface area contributed by atoms with Gasteiger partial charge in [-0.15, -0.1) is 0 Å². The average Bonchev–Trinajstić information content (AvgIpc) is 1.85. The fourth-order valence-electron chi connectivity index (χ4n) is 0.619. The standard InChI is InChI=1S/C7H11N3OS/c1-4(2)10-7(12)5(3-8)6(9)11/h4-5H,1-2H3,(H2,9,11)(H,10,12). The molecule has 0 aromatic heterocycles. The van der Waals surface area contributed by atoms with Gasteiger partial charge in [-0.2, -0.15) is 5.26 Å². The number of nitrogens with one attached hydrogen (secondary N) is 1. The van der Waals surface area contributed by atoms with Gasteiger partial charge < -0.3 is 11.1 Å². The van der Waals surface area contributed by atoms with Gasteiger partial charge in [-0.25, -0.2) is 0 Å². The second-order valence-corrected chi connectivity index (χ2v) is 3.07. The zero-order valence-corrected chi connectivity index (χ0v) is 7.81. The normalized spacial score (nSPS) is 11.8. The monoisotopic (exact) mass is 185 g/mol. The molecule has 0 saturated heterocycles. The van der Waals surface area contributed by atoms with Crippen LogP contribution in [-0.4, -0.2) is 16.9 Å². The van der Waals surface area contributed by atoms with E-state index in [-0.39, 0.29) is 11.0 Å². The van der Waals surface area contributed by atoms with Crippen LogP contribution in [0.4, 0.5) is 0 Å². The lowest BCUT2D eigenvalue weighted by molar-refractivity contribution is -0.118. The molecule has 3 N–H and O–H groups in total. The third-order valence-electron chi connectivity index (χ3n) is 1.11. The van der Waals surface area contributed by atoms with Gasteiger partial charge in [-0.3, -0.25) is 4.79 Å². The first-order valence-corrected chi connectivity index (χ1v) is 3.89. The second kappa shape index (κ2) is 4.67. The van der Waals surface area contributed by atoms with Gasteiger partial charge in [0.25, 0.3) is 0 Å². The van der Waals surface area contributed by atoms with E-state index in [4.69, 9.17) is 23.2 Å². The van der Waals surface area contributed by atoms with E-state index in [1.54, 1.807) is 6.07 Å². The predicted molar refractivity (Wildman–Crippen MR) is 49.2 cm³/mol. The minimum Gasteiger partial charge on any atom is -0.376 e. The minimum atomic E-state index is -1.01. The molecule has 0 aliphatic carbocycles. The molecule has 1 unspecified atom stereocenters. The number of rotatable bonds is 3. The number of nitrogens with zero attached hydrogens (tertiary/aromatic N) is 1. The van der Waals surface area contributed by atoms with Gasteiger partial charge in [0.2, 0.25) is 5.91 Å². The van der Waals surface area contributed by atoms with E-state index in [9.17, 15) is 4.79 Å². The number of carbonyl (C=O) groups excluding carboxylic acids is 1. The summed E-state index contributed by atoms with van der Waals surface area (Å²) in [5.41, 5.74) is 4.93. The summed E-state index contributed by atoms with van der Waals surface area (Å²) in [7, 11) is 0. The third kappa shape index (κ3) is 3.30. The highest BCUT2D eigenvalue weighted by Gasteiger charge is 2.19. The first kappa shape index (κ1) is 10.8. The summed E-state index contributed by atoms with van der Waals surface area (Å²) in [6.45, 7) is 3.73. The van der Waals surface area contributed by atoms with E-state index >= 15 is 0 Å². The number of hydrogen-bond donors (Lipinski definition) is 2. The molecule has 5 heteroatoms. The largest absolute Gasteiger partial charge is 0.376 e. The summed E-state index contributed by atoms with van der Waals surface area (Å²) in [4.78, 5) is 10.8. The number of primary amides is 1. The van der Waals surface area contributed by atoms with E-state index < -0.39 is 11.8 Å². The Kier molecular flexibility index (Phi) is 4.22. The molecule has 0 spiro atoms. The van der Waals surface area contributed by atoms with E-state index in [1.807, 2.05) is 13.8 Å². The average molecular weight is 185 g/mol. The van der Waals surface area contributed by atoms with Crippen LogP contribution in [0.1, 0.15) is 13.8 Å². The molecule has 66 valence electrons. The Morgan fingerprint density at radius 2 is 2.17 bits per heavy atom. The molecule has 0 bridgehead atoms. The molecular formula is C7H11N3OS. The summed E-state index contributed by atoms with van der Waals surface area (Å²) in [5.74, 6) is -1.72. The summed E-state index contributed by atoms with van der Waals surface area (Å²) in [5, 5.41) is 11.3. The Morgan fingerprint density at radius 1 is 1.67 bits per heavy atom. The van der Waals surface area contributed by atoms with Crippen LogP contribution < -0.4 is 11.1 Å². The Bertz CT molecular complexity index is 231. The van der Waals surface area contributed by atoms with Crippen LogP contribution in [0.15, 0.2) is 0 Å². The number of nitrogens with two attached hydrogens (primary N) is 1. The smallest absolute Gasteiger partial charge is 0.241 e. The van der Waals surface area contributed by atoms with Gasteiger partial charge >= 0.3 is 0 Å². The first-order valence-electron chi connectivity index (χ1n) is 3.48. The molecule has 0 aliphatic rings. The molecule has 0 heterocycles. The van der Waals surface area contributed by atoms with Gasteiger partial charge in [0, 0.05) is 6.04 Å². The highest BCUT2D eigenvalue weighted by atomic mass is 32.1. The lowest BCUT2D eigenvalue weighted by atomic mass is 10.1. The Balaban J connectivity index is 4.26. The molecular weight excluding hydrogens is 174 g/mol. The quantitative estimate of drug-likeness (QED) is 0.604. The zero-order chi connectivity index (χ0) is 9.72. The molecule has 0 fully saturated rings. The molecule has 0 rings (SSSR count). The maximum absolute atomic E-state index is 10.6. The van der Waals surface area contributed by atoms with Crippen molar-refractivity contribution >= 4 is 23.1 Å². The van der Waals surface area contributed by atoms with Crippen LogP contribution in [-0.2, 0) is 4.79 Å². The Labute approximate surface area is 76.7 Å². The van der Waals surface area contributed by atoms with Crippen molar-refractivity contribution in [1.82, 2.24) is 5.32 Å². The molecule has 0 aromatic carbocycles. The van der Waals surface area contributed by atoms with Crippen molar-refractivity contribution in [2.45, 2.75) is 19.9 Å². The van der Waals surface area contributed by atoms with Crippen LogP contribution in [0.5, 0.6) is 0 Å². The molecule has 0 aliphatic heterocycles. The number of thiocarbonyl (C=S) groups is 1. The van der Waals surface area contributed by atoms with Gasteiger partial charge in [0.05, 0.1) is 6.07 Å². The highest BCUT2D eigenvalue weighted by molar-refractivity contribution is 7.80. The predicted octanol–water partition coefficient (Wildman–Crippen LogP) is -0.0631. The van der Waals surface area contributed by atoms with Crippen molar-refractivity contribution in [2.24, 2.45) is 11.7 Å².